The Hall–Kier alpha value is 10.6. The van der Waals surface area contributed by atoms with Gasteiger partial charge in [0, 0.05) is 0 Å². The van der Waals surface area contributed by atoms with Crippen molar-refractivity contribution < 1.29 is 367 Å². The Balaban J connectivity index is 0. The monoisotopic (exact) mass is 1900 g/mol. The van der Waals surface area contributed by atoms with Crippen LogP contribution in [0.25, 0.3) is 0 Å². The van der Waals surface area contributed by atoms with Crippen molar-refractivity contribution in [2.24, 2.45) is 0 Å². The van der Waals surface area contributed by atoms with Gasteiger partial charge in [-0.2, -0.15) is 0 Å². The van der Waals surface area contributed by atoms with E-state index in [1.807, 2.05) is 0 Å². The third kappa shape index (κ3) is 223. The number of rotatable bonds is 0. The van der Waals surface area contributed by atoms with Gasteiger partial charge in [-0.3, -0.25) is 0 Å². The molecule has 112 valence electrons. The molecule has 0 nitrogen and oxygen atoms in total. The van der Waals surface area contributed by atoms with Crippen LogP contribution in [-0.4, -0.2) is 0 Å². The van der Waals surface area contributed by atoms with Crippen LogP contribution >= 0.6 is 0 Å². The van der Waals surface area contributed by atoms with Crippen LogP contribution in [0.5, 0.6) is 0 Å². The molecule has 0 spiro atoms. The summed E-state index contributed by atoms with van der Waals surface area (Å²) in [6.07, 6.45) is 0. The number of halogens is 14. The molecule has 0 aromatic carbocycles. The third-order valence-corrected chi connectivity index (χ3v) is 0. The summed E-state index contributed by atoms with van der Waals surface area (Å²) < 4.78 is 0. The molecule has 0 rings (SSSR count). The zero-order valence-electron chi connectivity index (χ0n) is 10.2. The zero-order valence-corrected chi connectivity index (χ0v) is 59.3. The van der Waals surface area contributed by atoms with Gasteiger partial charge in [0.15, 0.2) is 0 Å². The molecule has 0 radical (unpaired) electrons. The molecule has 0 saturated carbocycles. The van der Waals surface area contributed by atoms with Crippen molar-refractivity contribution in [3.63, 3.8) is 0 Å². The standard InChI is InChI=1S/14ClH.7Hg/h14*1H;;;;;;;/q;;;;;;;;;;;;;;7*+2/p-14. The van der Waals surface area contributed by atoms with Gasteiger partial charge in [0.2, 0.25) is 0 Å². The third-order valence-electron chi connectivity index (χ3n) is 0. The Morgan fingerprint density at radius 3 is 0.0952 bits per heavy atom. The van der Waals surface area contributed by atoms with Gasteiger partial charge in [-0.25, -0.2) is 0 Å². The van der Waals surface area contributed by atoms with Gasteiger partial charge < -0.3 is 174 Å². The maximum absolute atomic E-state index is 0. The van der Waals surface area contributed by atoms with Crippen molar-refractivity contribution in [2.45, 2.75) is 0 Å². The fourth-order valence-corrected chi connectivity index (χ4v) is 0. The summed E-state index contributed by atoms with van der Waals surface area (Å²) in [5.41, 5.74) is 0. The van der Waals surface area contributed by atoms with Crippen LogP contribution in [-0.2, 0) is 194 Å². The summed E-state index contributed by atoms with van der Waals surface area (Å²) in [5.74, 6) is 0. The maximum atomic E-state index is 0. The molecule has 0 saturated heterocycles. The van der Waals surface area contributed by atoms with Crippen LogP contribution in [0.4, 0.5) is 0 Å². The quantitative estimate of drug-likeness (QED) is 0.212. The minimum Gasteiger partial charge on any atom is -1.00 e. The van der Waals surface area contributed by atoms with Crippen molar-refractivity contribution in [1.82, 2.24) is 0 Å². The van der Waals surface area contributed by atoms with E-state index in [1.165, 1.54) is 0 Å². The van der Waals surface area contributed by atoms with E-state index < -0.39 is 0 Å². The molecule has 0 unspecified atom stereocenters. The van der Waals surface area contributed by atoms with Gasteiger partial charge in [0.25, 0.3) is 0 Å². The van der Waals surface area contributed by atoms with Crippen LogP contribution in [0.3, 0.4) is 0 Å². The Morgan fingerprint density at radius 2 is 0.0952 bits per heavy atom. The zero-order chi connectivity index (χ0) is 0. The van der Waals surface area contributed by atoms with E-state index in [0.717, 1.165) is 0 Å². The first-order valence-electron chi connectivity index (χ1n) is 0. The van der Waals surface area contributed by atoms with Gasteiger partial charge in [0.1, 0.15) is 0 Å². The summed E-state index contributed by atoms with van der Waals surface area (Å²) in [6, 6.07) is 0. The molecule has 0 aromatic heterocycles. The Labute approximate surface area is 358 Å². The van der Waals surface area contributed by atoms with E-state index in [2.05, 4.69) is 0 Å². The molecule has 0 heterocycles. The second-order valence-corrected chi connectivity index (χ2v) is 0. The first kappa shape index (κ1) is 263. The van der Waals surface area contributed by atoms with Crippen molar-refractivity contribution in [1.29, 1.82) is 0 Å². The normalized spacial score (nSPS) is 0. The molecule has 0 bridgehead atoms. The molecule has 0 atom stereocenters. The van der Waals surface area contributed by atoms with Crippen molar-refractivity contribution in [3.05, 3.63) is 0 Å². The van der Waals surface area contributed by atoms with E-state index in [-0.39, 0.29) is 367 Å². The fraction of sp³-hybridized carbons (Fsp3) is 0. The van der Waals surface area contributed by atoms with Crippen LogP contribution in [0.1, 0.15) is 0 Å². The molecule has 0 N–H and O–H groups in total. The Bertz CT molecular complexity index is 19.3. The minimum atomic E-state index is 0. The molecule has 0 aliphatic carbocycles. The SMILES string of the molecule is [Cl-].[Cl-].[Cl-].[Cl-].[Cl-].[Cl-].[Cl-].[Cl-].[Cl-].[Cl-].[Cl-].[Cl-].[Cl-].[Cl-].[Hg+2].[Hg+2].[Hg+2].[Hg+2].[Hg+2].[Hg+2].[Hg+2]. The molecular formula is Cl14Hg7. The van der Waals surface area contributed by atoms with Crippen LogP contribution in [0, 0.1) is 0 Å². The van der Waals surface area contributed by atoms with Gasteiger partial charge in [-0.05, 0) is 0 Å². The predicted octanol–water partition coefficient (Wildman–Crippen LogP) is -42.0. The molecule has 0 aliphatic heterocycles. The van der Waals surface area contributed by atoms with Crippen LogP contribution in [0.15, 0.2) is 0 Å². The van der Waals surface area contributed by atoms with Crippen LogP contribution < -0.4 is 174 Å². The second-order valence-electron chi connectivity index (χ2n) is 0. The van der Waals surface area contributed by atoms with E-state index in [4.69, 9.17) is 0 Å². The molecular weight excluding hydrogens is 1900 g/mol. The smallest absolute Gasteiger partial charge is 1.00 e. The largest absolute Gasteiger partial charge is 2.00 e. The topological polar surface area (TPSA) is 0 Å². The number of hydrogen-bond donors (Lipinski definition) is 0. The summed E-state index contributed by atoms with van der Waals surface area (Å²) in [5, 5.41) is 0. The molecule has 21 heteroatoms. The van der Waals surface area contributed by atoms with Gasteiger partial charge in [-0.1, -0.05) is 0 Å². The maximum Gasteiger partial charge on any atom is 2.00 e. The van der Waals surface area contributed by atoms with Crippen molar-refractivity contribution in [3.8, 4) is 0 Å². The van der Waals surface area contributed by atoms with E-state index in [0.29, 0.717) is 0 Å². The average molecular weight is 1900 g/mol. The Morgan fingerprint density at radius 1 is 0.0952 bits per heavy atom. The van der Waals surface area contributed by atoms with E-state index in [1.54, 1.807) is 0 Å². The van der Waals surface area contributed by atoms with Gasteiger partial charge in [0.05, 0.1) is 0 Å². The first-order chi connectivity index (χ1) is 0. The molecule has 21 heavy (non-hydrogen) atoms. The molecule has 0 amide bonds. The van der Waals surface area contributed by atoms with Gasteiger partial charge >= 0.3 is 194 Å². The summed E-state index contributed by atoms with van der Waals surface area (Å²) in [4.78, 5) is 0. The van der Waals surface area contributed by atoms with Crippen molar-refractivity contribution >= 4 is 0 Å². The van der Waals surface area contributed by atoms with Crippen molar-refractivity contribution in [2.75, 3.05) is 0 Å². The Kier molecular flexibility index (Phi) is 2990. The predicted molar refractivity (Wildman–Crippen MR) is 0 cm³/mol. The van der Waals surface area contributed by atoms with E-state index in [9.17, 15) is 0 Å². The van der Waals surface area contributed by atoms with Gasteiger partial charge in [-0.15, -0.1) is 0 Å². The molecule has 0 fully saturated rings. The fourth-order valence-electron chi connectivity index (χ4n) is 0. The minimum absolute atomic E-state index is 0. The van der Waals surface area contributed by atoms with E-state index >= 15 is 0 Å². The average Bonchev–Trinajstić information content (AvgIpc) is 0. The van der Waals surface area contributed by atoms with Crippen LogP contribution in [0.2, 0.25) is 0 Å². The summed E-state index contributed by atoms with van der Waals surface area (Å²) in [7, 11) is 0. The first-order valence-corrected chi connectivity index (χ1v) is 0. The summed E-state index contributed by atoms with van der Waals surface area (Å²) >= 11 is 0. The summed E-state index contributed by atoms with van der Waals surface area (Å²) in [6.45, 7) is 0. The second kappa shape index (κ2) is 238. The molecule has 0 aliphatic rings. The molecule has 0 aromatic rings. The number of hydrogen-bond acceptors (Lipinski definition) is 0.